The van der Waals surface area contributed by atoms with Crippen LogP contribution < -0.4 is 5.32 Å². The van der Waals surface area contributed by atoms with E-state index in [9.17, 15) is 9.59 Å². The molecule has 0 aromatic heterocycles. The second-order valence-electron chi connectivity index (χ2n) is 3.46. The van der Waals surface area contributed by atoms with Crippen LogP contribution in [0.5, 0.6) is 0 Å². The van der Waals surface area contributed by atoms with Gasteiger partial charge in [-0.15, -0.1) is 0 Å². The largest absolute Gasteiger partial charge is 0.481 e. The van der Waals surface area contributed by atoms with E-state index in [0.29, 0.717) is 0 Å². The molecule has 0 spiro atoms. The molecule has 0 heterocycles. The summed E-state index contributed by atoms with van der Waals surface area (Å²) in [6, 6.07) is 0.106. The number of carboxylic acid groups (broad SMARTS) is 1. The Morgan fingerprint density at radius 2 is 1.93 bits per heavy atom. The van der Waals surface area contributed by atoms with Crippen molar-refractivity contribution in [1.82, 2.24) is 5.32 Å². The molecule has 14 heavy (non-hydrogen) atoms. The number of hydrogen-bond donors (Lipinski definition) is 2. The van der Waals surface area contributed by atoms with Crippen molar-refractivity contribution in [3.05, 3.63) is 0 Å². The summed E-state index contributed by atoms with van der Waals surface area (Å²) >= 11 is 0. The predicted molar refractivity (Wildman–Crippen MR) is 53.9 cm³/mol. The molecule has 0 rings (SSSR count). The van der Waals surface area contributed by atoms with E-state index in [0.717, 1.165) is 19.3 Å². The number of aliphatic carboxylic acids is 1. The smallest absolute Gasteiger partial charge is 0.315 e. The SMILES string of the molecule is CCCC(CC)NC(=O)C(C)C(=O)O. The first kappa shape index (κ1) is 12.9. The van der Waals surface area contributed by atoms with Gasteiger partial charge in [0.25, 0.3) is 0 Å². The maximum absolute atomic E-state index is 11.3. The highest BCUT2D eigenvalue weighted by Crippen LogP contribution is 2.03. The molecule has 1 amide bonds. The van der Waals surface area contributed by atoms with Crippen molar-refractivity contribution in [2.24, 2.45) is 5.92 Å². The highest BCUT2D eigenvalue weighted by atomic mass is 16.4. The average Bonchev–Trinajstić information content (AvgIpc) is 2.15. The number of hydrogen-bond acceptors (Lipinski definition) is 2. The fourth-order valence-corrected chi connectivity index (χ4v) is 1.17. The molecule has 0 aromatic carbocycles. The van der Waals surface area contributed by atoms with E-state index < -0.39 is 17.8 Å². The van der Waals surface area contributed by atoms with Gasteiger partial charge < -0.3 is 10.4 Å². The molecule has 0 fully saturated rings. The Morgan fingerprint density at radius 1 is 1.36 bits per heavy atom. The third-order valence-corrected chi connectivity index (χ3v) is 2.24. The Balaban J connectivity index is 4.08. The van der Waals surface area contributed by atoms with Crippen LogP contribution in [0.15, 0.2) is 0 Å². The molecule has 2 atom stereocenters. The van der Waals surface area contributed by atoms with Crippen LogP contribution in [0.4, 0.5) is 0 Å². The summed E-state index contributed by atoms with van der Waals surface area (Å²) in [5.74, 6) is -2.42. The Bertz CT molecular complexity index is 204. The van der Waals surface area contributed by atoms with Crippen LogP contribution in [0, 0.1) is 5.92 Å². The Kier molecular flexibility index (Phi) is 5.92. The van der Waals surface area contributed by atoms with Crippen LogP contribution in [-0.2, 0) is 9.59 Å². The van der Waals surface area contributed by atoms with Gasteiger partial charge in [0.2, 0.25) is 5.91 Å². The summed E-state index contributed by atoms with van der Waals surface area (Å²) in [6.45, 7) is 5.41. The van der Waals surface area contributed by atoms with Gasteiger partial charge in [-0.1, -0.05) is 20.3 Å². The minimum atomic E-state index is -1.08. The number of carbonyl (C=O) groups is 2. The first-order chi connectivity index (χ1) is 6.52. The normalized spacial score (nSPS) is 14.5. The first-order valence-corrected chi connectivity index (χ1v) is 5.06. The van der Waals surface area contributed by atoms with Crippen LogP contribution in [0.2, 0.25) is 0 Å². The minimum Gasteiger partial charge on any atom is -0.481 e. The maximum atomic E-state index is 11.3. The van der Waals surface area contributed by atoms with E-state index in [-0.39, 0.29) is 6.04 Å². The summed E-state index contributed by atoms with van der Waals surface area (Å²) < 4.78 is 0. The van der Waals surface area contributed by atoms with Crippen LogP contribution in [0.1, 0.15) is 40.0 Å². The second-order valence-corrected chi connectivity index (χ2v) is 3.46. The predicted octanol–water partition coefficient (Wildman–Crippen LogP) is 1.40. The van der Waals surface area contributed by atoms with E-state index >= 15 is 0 Å². The fraction of sp³-hybridized carbons (Fsp3) is 0.800. The van der Waals surface area contributed by atoms with Crippen LogP contribution >= 0.6 is 0 Å². The molecule has 0 aromatic rings. The highest BCUT2D eigenvalue weighted by molar-refractivity contribution is 5.96. The van der Waals surface area contributed by atoms with Gasteiger partial charge in [0.15, 0.2) is 0 Å². The van der Waals surface area contributed by atoms with Crippen molar-refractivity contribution in [3.8, 4) is 0 Å². The lowest BCUT2D eigenvalue weighted by molar-refractivity contribution is -0.146. The quantitative estimate of drug-likeness (QED) is 0.638. The van der Waals surface area contributed by atoms with Gasteiger partial charge in [0.1, 0.15) is 5.92 Å². The van der Waals surface area contributed by atoms with Gasteiger partial charge in [-0.2, -0.15) is 0 Å². The first-order valence-electron chi connectivity index (χ1n) is 5.06. The molecule has 2 N–H and O–H groups in total. The van der Waals surface area contributed by atoms with Crippen molar-refractivity contribution in [3.63, 3.8) is 0 Å². The molecule has 0 aliphatic heterocycles. The van der Waals surface area contributed by atoms with Crippen LogP contribution in [0.3, 0.4) is 0 Å². The zero-order valence-corrected chi connectivity index (χ0v) is 9.04. The monoisotopic (exact) mass is 201 g/mol. The van der Waals surface area contributed by atoms with Crippen molar-refractivity contribution in [2.45, 2.75) is 46.1 Å². The summed E-state index contributed by atoms with van der Waals surface area (Å²) in [4.78, 5) is 21.8. The molecule has 4 heteroatoms. The zero-order chi connectivity index (χ0) is 11.1. The number of nitrogens with one attached hydrogen (secondary N) is 1. The topological polar surface area (TPSA) is 66.4 Å². The fourth-order valence-electron chi connectivity index (χ4n) is 1.17. The molecule has 0 radical (unpaired) electrons. The van der Waals surface area contributed by atoms with Gasteiger partial charge >= 0.3 is 5.97 Å². The summed E-state index contributed by atoms with van der Waals surface area (Å²) in [7, 11) is 0. The Labute approximate surface area is 84.7 Å². The lowest BCUT2D eigenvalue weighted by Crippen LogP contribution is -2.40. The lowest BCUT2D eigenvalue weighted by Gasteiger charge is -2.17. The van der Waals surface area contributed by atoms with Crippen molar-refractivity contribution >= 4 is 11.9 Å². The molecule has 0 saturated carbocycles. The van der Waals surface area contributed by atoms with Gasteiger partial charge in [-0.3, -0.25) is 9.59 Å². The van der Waals surface area contributed by atoms with E-state index in [1.807, 2.05) is 13.8 Å². The average molecular weight is 201 g/mol. The molecule has 0 bridgehead atoms. The third-order valence-electron chi connectivity index (χ3n) is 2.24. The van der Waals surface area contributed by atoms with Gasteiger partial charge in [0.05, 0.1) is 0 Å². The van der Waals surface area contributed by atoms with Gasteiger partial charge in [-0.25, -0.2) is 0 Å². The van der Waals surface area contributed by atoms with Crippen molar-refractivity contribution in [1.29, 1.82) is 0 Å². The number of rotatable bonds is 6. The molecular formula is C10H19NO3. The van der Waals surface area contributed by atoms with Gasteiger partial charge in [-0.05, 0) is 19.8 Å². The van der Waals surface area contributed by atoms with Crippen LogP contribution in [0.25, 0.3) is 0 Å². The highest BCUT2D eigenvalue weighted by Gasteiger charge is 2.21. The van der Waals surface area contributed by atoms with Crippen molar-refractivity contribution < 1.29 is 14.7 Å². The minimum absolute atomic E-state index is 0.106. The van der Waals surface area contributed by atoms with E-state index in [1.165, 1.54) is 6.92 Å². The molecule has 4 nitrogen and oxygen atoms in total. The number of carbonyl (C=O) groups excluding carboxylic acids is 1. The molecule has 82 valence electrons. The zero-order valence-electron chi connectivity index (χ0n) is 9.04. The summed E-state index contributed by atoms with van der Waals surface area (Å²) in [5.41, 5.74) is 0. The molecule has 0 aliphatic carbocycles. The lowest BCUT2D eigenvalue weighted by atomic mass is 10.1. The summed E-state index contributed by atoms with van der Waals surface area (Å²) in [6.07, 6.45) is 2.72. The van der Waals surface area contributed by atoms with E-state index in [1.54, 1.807) is 0 Å². The molecular weight excluding hydrogens is 182 g/mol. The number of carboxylic acids is 1. The Morgan fingerprint density at radius 3 is 2.29 bits per heavy atom. The maximum Gasteiger partial charge on any atom is 0.315 e. The standard InChI is InChI=1S/C10H19NO3/c1-4-6-8(5-2)11-9(12)7(3)10(13)14/h7-8H,4-6H2,1-3H3,(H,11,12)(H,13,14). The summed E-state index contributed by atoms with van der Waals surface area (Å²) in [5, 5.41) is 11.3. The Hall–Kier alpha value is -1.06. The van der Waals surface area contributed by atoms with Gasteiger partial charge in [0, 0.05) is 6.04 Å². The molecule has 0 saturated heterocycles. The number of amides is 1. The second kappa shape index (κ2) is 6.40. The molecule has 2 unspecified atom stereocenters. The van der Waals surface area contributed by atoms with Crippen LogP contribution in [-0.4, -0.2) is 23.0 Å². The van der Waals surface area contributed by atoms with Crippen molar-refractivity contribution in [2.75, 3.05) is 0 Å². The molecule has 0 aliphatic rings. The van der Waals surface area contributed by atoms with E-state index in [4.69, 9.17) is 5.11 Å². The van der Waals surface area contributed by atoms with E-state index in [2.05, 4.69) is 5.32 Å². The third kappa shape index (κ3) is 4.25.